The monoisotopic (exact) mass is 364 g/mol. The molecule has 2 heterocycles. The summed E-state index contributed by atoms with van der Waals surface area (Å²) in [5.41, 5.74) is 0.685. The molecule has 4 nitrogen and oxygen atoms in total. The molecule has 3 rings (SSSR count). The molecule has 1 aromatic carbocycles. The third-order valence-electron chi connectivity index (χ3n) is 3.90. The van der Waals surface area contributed by atoms with E-state index in [9.17, 15) is 4.79 Å². The van der Waals surface area contributed by atoms with E-state index in [1.165, 1.54) is 0 Å². The van der Waals surface area contributed by atoms with E-state index in [1.807, 2.05) is 13.0 Å². The van der Waals surface area contributed by atoms with E-state index in [4.69, 9.17) is 9.47 Å². The normalized spacial score (nSPS) is 21.3. The molecule has 0 spiro atoms. The largest absolute Gasteiger partial charge is 0.454 e. The molecule has 2 unspecified atom stereocenters. The molecule has 0 saturated carbocycles. The van der Waals surface area contributed by atoms with Gasteiger partial charge in [0.1, 0.15) is 0 Å². The Labute approximate surface area is 152 Å². The third kappa shape index (κ3) is 3.85. The van der Waals surface area contributed by atoms with Gasteiger partial charge in [-0.3, -0.25) is 9.69 Å². The Hall–Kier alpha value is -0.446. The van der Waals surface area contributed by atoms with Crippen LogP contribution in [0.2, 0.25) is 0 Å². The minimum atomic E-state index is -0.105. The van der Waals surface area contributed by atoms with E-state index in [0.29, 0.717) is 23.0 Å². The number of carbonyl (C=O) groups excluding carboxylic acids is 1. The Kier molecular flexibility index (Phi) is 6.83. The molecule has 2 aliphatic heterocycles. The average Bonchev–Trinajstić information content (AvgIpc) is 3.04. The first-order valence-electron chi connectivity index (χ1n) is 6.66. The first kappa shape index (κ1) is 18.6. The fourth-order valence-electron chi connectivity index (χ4n) is 2.67. The predicted molar refractivity (Wildman–Crippen MR) is 77.8 cm³/mol. The van der Waals surface area contributed by atoms with Crippen molar-refractivity contribution in [3.05, 3.63) is 38.1 Å². The summed E-state index contributed by atoms with van der Waals surface area (Å²) < 4.78 is 10.6. The topological polar surface area (TPSA) is 38.8 Å². The fourth-order valence-corrected chi connectivity index (χ4v) is 2.67. The van der Waals surface area contributed by atoms with Crippen LogP contribution >= 0.6 is 0 Å². The van der Waals surface area contributed by atoms with Gasteiger partial charge in [0.05, 0.1) is 6.04 Å². The van der Waals surface area contributed by atoms with Crippen LogP contribution in [0, 0.1) is 20.3 Å². The fraction of sp³-hybridized carbons (Fsp3) is 0.438. The molecule has 0 aromatic heterocycles. The zero-order chi connectivity index (χ0) is 13.4. The second kappa shape index (κ2) is 7.71. The quantitative estimate of drug-likeness (QED) is 0.611. The molecule has 1 radical (unpaired) electrons. The van der Waals surface area contributed by atoms with E-state index >= 15 is 0 Å². The number of Topliss-reactive ketones (excluding diaryl/α,β-unsaturated/α-hetero) is 1. The van der Waals surface area contributed by atoms with Gasteiger partial charge in [-0.15, -0.1) is 0 Å². The Morgan fingerprint density at radius 1 is 1.38 bits per heavy atom. The number of hydrogen-bond acceptors (Lipinski definition) is 4. The van der Waals surface area contributed by atoms with Gasteiger partial charge in [0.15, 0.2) is 17.3 Å². The van der Waals surface area contributed by atoms with Crippen LogP contribution in [-0.4, -0.2) is 36.6 Å². The molecular formula is C16H21NO3Y-2. The van der Waals surface area contributed by atoms with Gasteiger partial charge in [0, 0.05) is 38.3 Å². The van der Waals surface area contributed by atoms with E-state index in [-0.39, 0.29) is 58.8 Å². The number of benzene rings is 1. The van der Waals surface area contributed by atoms with Gasteiger partial charge in [-0.05, 0) is 38.2 Å². The molecule has 1 aromatic rings. The maximum Gasteiger partial charge on any atom is 0.231 e. The van der Waals surface area contributed by atoms with Gasteiger partial charge < -0.3 is 23.8 Å². The summed E-state index contributed by atoms with van der Waals surface area (Å²) >= 11 is 0. The Balaban J connectivity index is 0.00000110. The van der Waals surface area contributed by atoms with E-state index in [2.05, 4.69) is 11.8 Å². The molecule has 0 N–H and O–H groups in total. The van der Waals surface area contributed by atoms with Crippen LogP contribution in [0.25, 0.3) is 0 Å². The van der Waals surface area contributed by atoms with Crippen LogP contribution in [0.5, 0.6) is 11.5 Å². The molecule has 2 aliphatic rings. The number of fused-ring (bicyclic) bond motifs is 1. The summed E-state index contributed by atoms with van der Waals surface area (Å²) in [6.07, 6.45) is 1.07. The zero-order valence-corrected chi connectivity index (χ0v) is 15.5. The van der Waals surface area contributed by atoms with Crippen molar-refractivity contribution in [2.75, 3.05) is 19.9 Å². The van der Waals surface area contributed by atoms with Crippen molar-refractivity contribution in [2.24, 2.45) is 5.92 Å². The first-order chi connectivity index (χ1) is 9.15. The summed E-state index contributed by atoms with van der Waals surface area (Å²) in [5, 5.41) is 0. The van der Waals surface area contributed by atoms with Crippen LogP contribution < -0.4 is 9.47 Å². The van der Waals surface area contributed by atoms with Gasteiger partial charge in [-0.2, -0.15) is 5.92 Å². The number of nitrogens with zero attached hydrogens (tertiary/aromatic N) is 1. The SMILES string of the molecule is [CH2-]C1CCN(C(C)C(=O)c2ccc3c(c2)OCO3)C1.[CH3-].[Y]. The van der Waals surface area contributed by atoms with Crippen molar-refractivity contribution < 1.29 is 47.0 Å². The van der Waals surface area contributed by atoms with E-state index < -0.39 is 0 Å². The smallest absolute Gasteiger partial charge is 0.231 e. The molecule has 2 atom stereocenters. The van der Waals surface area contributed by atoms with Crippen molar-refractivity contribution in [2.45, 2.75) is 19.4 Å². The van der Waals surface area contributed by atoms with Gasteiger partial charge in [0.25, 0.3) is 0 Å². The number of likely N-dealkylation sites (tertiary alicyclic amines) is 1. The summed E-state index contributed by atoms with van der Waals surface area (Å²) in [7, 11) is 0. The number of ketones is 1. The number of rotatable bonds is 3. The van der Waals surface area contributed by atoms with Crippen LogP contribution in [-0.2, 0) is 32.7 Å². The van der Waals surface area contributed by atoms with Crippen LogP contribution in [0.1, 0.15) is 23.7 Å². The van der Waals surface area contributed by atoms with Crippen molar-refractivity contribution in [3.63, 3.8) is 0 Å². The van der Waals surface area contributed by atoms with Crippen molar-refractivity contribution in [3.8, 4) is 11.5 Å². The van der Waals surface area contributed by atoms with Crippen LogP contribution in [0.15, 0.2) is 18.2 Å². The van der Waals surface area contributed by atoms with Gasteiger partial charge in [-0.1, -0.05) is 6.42 Å². The second-order valence-corrected chi connectivity index (χ2v) is 5.26. The Morgan fingerprint density at radius 3 is 2.76 bits per heavy atom. The summed E-state index contributed by atoms with van der Waals surface area (Å²) in [4.78, 5) is 14.7. The van der Waals surface area contributed by atoms with Gasteiger partial charge in [0.2, 0.25) is 6.79 Å². The summed E-state index contributed by atoms with van der Waals surface area (Å²) in [6.45, 7) is 8.11. The third-order valence-corrected chi connectivity index (χ3v) is 3.90. The molecule has 113 valence electrons. The average molecular weight is 364 g/mol. The van der Waals surface area contributed by atoms with Crippen LogP contribution in [0.4, 0.5) is 0 Å². The van der Waals surface area contributed by atoms with Gasteiger partial charge in [-0.25, -0.2) is 0 Å². The molecule has 5 heteroatoms. The minimum Gasteiger partial charge on any atom is -0.454 e. The van der Waals surface area contributed by atoms with Crippen molar-refractivity contribution in [1.82, 2.24) is 4.90 Å². The Morgan fingerprint density at radius 2 is 2.10 bits per heavy atom. The number of ether oxygens (including phenoxy) is 2. The maximum absolute atomic E-state index is 12.5. The Bertz CT molecular complexity index is 506. The first-order valence-corrected chi connectivity index (χ1v) is 6.66. The molecule has 21 heavy (non-hydrogen) atoms. The van der Waals surface area contributed by atoms with E-state index in [1.54, 1.807) is 12.1 Å². The standard InChI is InChI=1S/C15H18NO3.CH3.Y/c1-10-5-6-16(8-10)11(2)15(17)12-3-4-13-14(7-12)19-9-18-13;;/h3-4,7,10-11H,1,5-6,8-9H2,2H3;1H3;/q2*-1;. The molecule has 0 aliphatic carbocycles. The van der Waals surface area contributed by atoms with Crippen molar-refractivity contribution in [1.29, 1.82) is 0 Å². The predicted octanol–water partition coefficient (Wildman–Crippen LogP) is 2.59. The number of carbonyl (C=O) groups is 1. The summed E-state index contributed by atoms with van der Waals surface area (Å²) in [6, 6.07) is 5.28. The molecule has 1 fully saturated rings. The van der Waals surface area contributed by atoms with Crippen LogP contribution in [0.3, 0.4) is 0 Å². The van der Waals surface area contributed by atoms with Crippen molar-refractivity contribution >= 4 is 5.78 Å². The molecule has 0 amide bonds. The summed E-state index contributed by atoms with van der Waals surface area (Å²) in [5.74, 6) is 1.94. The molecule has 0 bridgehead atoms. The van der Waals surface area contributed by atoms with E-state index in [0.717, 1.165) is 19.5 Å². The zero-order valence-electron chi connectivity index (χ0n) is 12.7. The minimum absolute atomic E-state index is 0. The maximum atomic E-state index is 12.5. The molecule has 1 saturated heterocycles. The van der Waals surface area contributed by atoms with Gasteiger partial charge >= 0.3 is 0 Å². The number of hydrogen-bond donors (Lipinski definition) is 0. The second-order valence-electron chi connectivity index (χ2n) is 5.26. The molecular weight excluding hydrogens is 343 g/mol.